The van der Waals surface area contributed by atoms with Crippen LogP contribution < -0.4 is 10.1 Å². The fourth-order valence-electron chi connectivity index (χ4n) is 2.78. The van der Waals surface area contributed by atoms with Crippen LogP contribution in [0.3, 0.4) is 0 Å². The summed E-state index contributed by atoms with van der Waals surface area (Å²) < 4.78 is 11.3. The van der Waals surface area contributed by atoms with Crippen LogP contribution in [-0.4, -0.2) is 26.4 Å². The summed E-state index contributed by atoms with van der Waals surface area (Å²) in [6.07, 6.45) is 4.59. The fourth-order valence-corrected chi connectivity index (χ4v) is 2.78. The van der Waals surface area contributed by atoms with Crippen LogP contribution in [0.15, 0.2) is 24.3 Å². The number of ether oxygens (including phenoxy) is 2. The SMILES string of the molecule is CCCCOc1ccc(C(NCCC)C2CCOC2)cc1. The van der Waals surface area contributed by atoms with Gasteiger partial charge in [-0.3, -0.25) is 0 Å². The largest absolute Gasteiger partial charge is 0.494 e. The minimum atomic E-state index is 0.400. The van der Waals surface area contributed by atoms with E-state index in [9.17, 15) is 0 Å². The summed E-state index contributed by atoms with van der Waals surface area (Å²) in [5.74, 6) is 1.56. The Hall–Kier alpha value is -1.06. The van der Waals surface area contributed by atoms with E-state index >= 15 is 0 Å². The summed E-state index contributed by atoms with van der Waals surface area (Å²) in [6.45, 7) is 8.02. The van der Waals surface area contributed by atoms with Crippen LogP contribution in [0.25, 0.3) is 0 Å². The Kier molecular flexibility index (Phi) is 7.04. The van der Waals surface area contributed by atoms with Gasteiger partial charge in [0.25, 0.3) is 0 Å². The first kappa shape index (κ1) is 16.3. The number of nitrogens with one attached hydrogen (secondary N) is 1. The molecule has 0 aliphatic carbocycles. The minimum absolute atomic E-state index is 0.400. The Morgan fingerprint density at radius 1 is 1.24 bits per heavy atom. The molecule has 1 saturated heterocycles. The van der Waals surface area contributed by atoms with Crippen LogP contribution in [0.1, 0.15) is 51.1 Å². The van der Waals surface area contributed by atoms with Gasteiger partial charge in [0.05, 0.1) is 13.2 Å². The number of hydrogen-bond donors (Lipinski definition) is 1. The molecule has 2 atom stereocenters. The molecule has 0 aromatic heterocycles. The van der Waals surface area contributed by atoms with Crippen LogP contribution in [0.2, 0.25) is 0 Å². The van der Waals surface area contributed by atoms with Gasteiger partial charge in [0, 0.05) is 18.6 Å². The summed E-state index contributed by atoms with van der Waals surface area (Å²) in [4.78, 5) is 0. The van der Waals surface area contributed by atoms with Gasteiger partial charge in [0.15, 0.2) is 0 Å². The number of unbranched alkanes of at least 4 members (excludes halogenated alkanes) is 1. The standard InChI is InChI=1S/C18H29NO2/c1-3-5-12-21-17-8-6-15(7-9-17)18(19-11-4-2)16-10-13-20-14-16/h6-9,16,18-19H,3-5,10-14H2,1-2H3. The third-order valence-corrected chi connectivity index (χ3v) is 4.06. The molecule has 21 heavy (non-hydrogen) atoms. The molecule has 0 spiro atoms. The first-order valence-corrected chi connectivity index (χ1v) is 8.39. The number of hydrogen-bond acceptors (Lipinski definition) is 3. The van der Waals surface area contributed by atoms with Crippen LogP contribution in [0.4, 0.5) is 0 Å². The van der Waals surface area contributed by atoms with E-state index in [1.807, 2.05) is 0 Å². The third kappa shape index (κ3) is 5.01. The van der Waals surface area contributed by atoms with Crippen molar-refractivity contribution >= 4 is 0 Å². The highest BCUT2D eigenvalue weighted by Gasteiger charge is 2.26. The van der Waals surface area contributed by atoms with Crippen LogP contribution in [0, 0.1) is 5.92 Å². The van der Waals surface area contributed by atoms with E-state index in [1.165, 1.54) is 12.0 Å². The molecule has 0 saturated carbocycles. The van der Waals surface area contributed by atoms with Gasteiger partial charge >= 0.3 is 0 Å². The molecule has 1 aromatic rings. The monoisotopic (exact) mass is 291 g/mol. The lowest BCUT2D eigenvalue weighted by atomic mass is 9.92. The lowest BCUT2D eigenvalue weighted by molar-refractivity contribution is 0.176. The average molecular weight is 291 g/mol. The Morgan fingerprint density at radius 3 is 2.67 bits per heavy atom. The van der Waals surface area contributed by atoms with Crippen molar-refractivity contribution in [2.24, 2.45) is 5.92 Å². The molecule has 0 bridgehead atoms. The minimum Gasteiger partial charge on any atom is -0.494 e. The van der Waals surface area contributed by atoms with E-state index in [2.05, 4.69) is 43.4 Å². The van der Waals surface area contributed by atoms with E-state index in [0.717, 1.165) is 51.4 Å². The van der Waals surface area contributed by atoms with Crippen molar-refractivity contribution in [1.29, 1.82) is 0 Å². The average Bonchev–Trinajstić information content (AvgIpc) is 3.03. The zero-order valence-corrected chi connectivity index (χ0v) is 13.4. The van der Waals surface area contributed by atoms with Gasteiger partial charge in [-0.15, -0.1) is 0 Å². The lowest BCUT2D eigenvalue weighted by Crippen LogP contribution is -2.29. The van der Waals surface area contributed by atoms with Gasteiger partial charge < -0.3 is 14.8 Å². The summed E-state index contributed by atoms with van der Waals surface area (Å²) in [6, 6.07) is 9.00. The Labute approximate surface area is 129 Å². The maximum absolute atomic E-state index is 5.74. The maximum Gasteiger partial charge on any atom is 0.119 e. The predicted molar refractivity (Wildman–Crippen MR) is 86.8 cm³/mol. The van der Waals surface area contributed by atoms with Crippen molar-refractivity contribution in [3.8, 4) is 5.75 Å². The summed E-state index contributed by atoms with van der Waals surface area (Å²) >= 11 is 0. The second kappa shape index (κ2) is 9.06. The lowest BCUT2D eigenvalue weighted by Gasteiger charge is -2.24. The van der Waals surface area contributed by atoms with Crippen molar-refractivity contribution in [3.05, 3.63) is 29.8 Å². The second-order valence-electron chi connectivity index (χ2n) is 5.83. The van der Waals surface area contributed by atoms with Gasteiger partial charge in [0.2, 0.25) is 0 Å². The first-order valence-electron chi connectivity index (χ1n) is 8.39. The highest BCUT2D eigenvalue weighted by molar-refractivity contribution is 5.29. The molecule has 2 unspecified atom stereocenters. The maximum atomic E-state index is 5.74. The van der Waals surface area contributed by atoms with Crippen LogP contribution in [0.5, 0.6) is 5.75 Å². The van der Waals surface area contributed by atoms with Gasteiger partial charge in [-0.2, -0.15) is 0 Å². The van der Waals surface area contributed by atoms with E-state index in [-0.39, 0.29) is 0 Å². The molecule has 1 fully saturated rings. The van der Waals surface area contributed by atoms with Gasteiger partial charge in [-0.1, -0.05) is 32.4 Å². The third-order valence-electron chi connectivity index (χ3n) is 4.06. The zero-order chi connectivity index (χ0) is 14.9. The van der Waals surface area contributed by atoms with Crippen LogP contribution in [-0.2, 0) is 4.74 Å². The van der Waals surface area contributed by atoms with Gasteiger partial charge in [-0.05, 0) is 43.5 Å². The molecule has 0 amide bonds. The Bertz CT molecular complexity index is 385. The molecule has 3 heteroatoms. The zero-order valence-electron chi connectivity index (χ0n) is 13.4. The molecule has 0 radical (unpaired) electrons. The summed E-state index contributed by atoms with van der Waals surface area (Å²) in [7, 11) is 0. The second-order valence-corrected chi connectivity index (χ2v) is 5.83. The molecule has 1 N–H and O–H groups in total. The first-order chi connectivity index (χ1) is 10.3. The van der Waals surface area contributed by atoms with Crippen molar-refractivity contribution in [2.75, 3.05) is 26.4 Å². The molecule has 3 nitrogen and oxygen atoms in total. The molecule has 1 aromatic carbocycles. The molecule has 2 rings (SSSR count). The molecule has 1 heterocycles. The molecule has 1 aliphatic heterocycles. The highest BCUT2D eigenvalue weighted by Crippen LogP contribution is 2.29. The molecule has 118 valence electrons. The Balaban J connectivity index is 1.98. The van der Waals surface area contributed by atoms with E-state index in [1.54, 1.807) is 0 Å². The predicted octanol–water partition coefficient (Wildman–Crippen LogP) is 3.94. The van der Waals surface area contributed by atoms with E-state index in [0.29, 0.717) is 12.0 Å². The Morgan fingerprint density at radius 2 is 2.05 bits per heavy atom. The topological polar surface area (TPSA) is 30.5 Å². The smallest absolute Gasteiger partial charge is 0.119 e. The van der Waals surface area contributed by atoms with Crippen molar-refractivity contribution in [3.63, 3.8) is 0 Å². The normalized spacial score (nSPS) is 19.6. The highest BCUT2D eigenvalue weighted by atomic mass is 16.5. The fraction of sp³-hybridized carbons (Fsp3) is 0.667. The van der Waals surface area contributed by atoms with Crippen molar-refractivity contribution < 1.29 is 9.47 Å². The quantitative estimate of drug-likeness (QED) is 0.699. The van der Waals surface area contributed by atoms with E-state index in [4.69, 9.17) is 9.47 Å². The number of benzene rings is 1. The van der Waals surface area contributed by atoms with Crippen molar-refractivity contribution in [1.82, 2.24) is 5.32 Å². The van der Waals surface area contributed by atoms with Gasteiger partial charge in [-0.25, -0.2) is 0 Å². The molecular weight excluding hydrogens is 262 g/mol. The molecule has 1 aliphatic rings. The van der Waals surface area contributed by atoms with Crippen LogP contribution >= 0.6 is 0 Å². The summed E-state index contributed by atoms with van der Waals surface area (Å²) in [5, 5.41) is 3.68. The van der Waals surface area contributed by atoms with Gasteiger partial charge in [0.1, 0.15) is 5.75 Å². The van der Waals surface area contributed by atoms with E-state index < -0.39 is 0 Å². The summed E-state index contributed by atoms with van der Waals surface area (Å²) in [5.41, 5.74) is 1.35. The molecular formula is C18H29NO2. The van der Waals surface area contributed by atoms with Crippen molar-refractivity contribution in [2.45, 2.75) is 45.6 Å². The number of rotatable bonds is 9.